The number of hydrogen-bond donors (Lipinski definition) is 3. The third-order valence-corrected chi connectivity index (χ3v) is 3.70. The van der Waals surface area contributed by atoms with Crippen molar-refractivity contribution in [3.63, 3.8) is 0 Å². The molecular formula is C15H20N4O3. The fourth-order valence-electron chi connectivity index (χ4n) is 2.16. The molecule has 0 bridgehead atoms. The fraction of sp³-hybridized carbons (Fsp3) is 0.400. The van der Waals surface area contributed by atoms with E-state index in [1.807, 2.05) is 27.0 Å². The summed E-state index contributed by atoms with van der Waals surface area (Å²) in [6, 6.07) is 3.19. The number of nitrogens with zero attached hydrogens (tertiary/aromatic N) is 3. The lowest BCUT2D eigenvalue weighted by Crippen LogP contribution is -2.27. The third-order valence-electron chi connectivity index (χ3n) is 3.70. The highest BCUT2D eigenvalue weighted by molar-refractivity contribution is 5.82. The van der Waals surface area contributed by atoms with Gasteiger partial charge < -0.3 is 10.2 Å². The monoisotopic (exact) mass is 304 g/mol. The number of aryl methyl sites for hydroxylation is 1. The number of rotatable bonds is 5. The van der Waals surface area contributed by atoms with Gasteiger partial charge in [-0.15, -0.1) is 0 Å². The van der Waals surface area contributed by atoms with Crippen LogP contribution in [0.3, 0.4) is 0 Å². The van der Waals surface area contributed by atoms with Crippen LogP contribution in [0.25, 0.3) is 0 Å². The van der Waals surface area contributed by atoms with Crippen LogP contribution in [0.4, 0.5) is 10.5 Å². The first kappa shape index (κ1) is 16.0. The molecule has 7 nitrogen and oxygen atoms in total. The molecule has 118 valence electrons. The summed E-state index contributed by atoms with van der Waals surface area (Å²) in [6.07, 6.45) is 3.05. The Morgan fingerprint density at radius 3 is 2.64 bits per heavy atom. The Hall–Kier alpha value is -2.41. The van der Waals surface area contributed by atoms with Crippen molar-refractivity contribution in [1.82, 2.24) is 14.8 Å². The molecule has 0 radical (unpaired) electrons. The first-order valence-electron chi connectivity index (χ1n) is 7.01. The van der Waals surface area contributed by atoms with E-state index < -0.39 is 17.6 Å². The van der Waals surface area contributed by atoms with Gasteiger partial charge in [0.2, 0.25) is 0 Å². The van der Waals surface area contributed by atoms with Gasteiger partial charge >= 0.3 is 6.09 Å². The number of nitrogens with one attached hydrogen (secondary N) is 1. The SMILES string of the molecule is CCn1cc(C(C)(C)C(O)c2ccc(NC(=O)O)cn2)cn1. The van der Waals surface area contributed by atoms with Gasteiger partial charge in [-0.1, -0.05) is 13.8 Å². The largest absolute Gasteiger partial charge is 0.465 e. The van der Waals surface area contributed by atoms with Crippen molar-refractivity contribution in [1.29, 1.82) is 0 Å². The molecule has 3 N–H and O–H groups in total. The van der Waals surface area contributed by atoms with E-state index in [-0.39, 0.29) is 0 Å². The zero-order valence-corrected chi connectivity index (χ0v) is 12.8. The van der Waals surface area contributed by atoms with E-state index in [1.54, 1.807) is 23.0 Å². The van der Waals surface area contributed by atoms with E-state index in [9.17, 15) is 9.90 Å². The minimum absolute atomic E-state index is 0.361. The number of carbonyl (C=O) groups is 1. The lowest BCUT2D eigenvalue weighted by Gasteiger charge is -2.29. The second-order valence-corrected chi connectivity index (χ2v) is 5.61. The van der Waals surface area contributed by atoms with Crippen LogP contribution >= 0.6 is 0 Å². The Balaban J connectivity index is 2.21. The second-order valence-electron chi connectivity index (χ2n) is 5.61. The van der Waals surface area contributed by atoms with Crippen LogP contribution < -0.4 is 5.32 Å². The van der Waals surface area contributed by atoms with Crippen molar-refractivity contribution < 1.29 is 15.0 Å². The van der Waals surface area contributed by atoms with Crippen LogP contribution in [0.2, 0.25) is 0 Å². The van der Waals surface area contributed by atoms with Crippen molar-refractivity contribution in [2.24, 2.45) is 0 Å². The summed E-state index contributed by atoms with van der Waals surface area (Å²) in [6.45, 7) is 6.59. The highest BCUT2D eigenvalue weighted by atomic mass is 16.4. The molecule has 22 heavy (non-hydrogen) atoms. The smallest absolute Gasteiger partial charge is 0.409 e. The summed E-state index contributed by atoms with van der Waals surface area (Å²) in [5.74, 6) is 0. The first-order valence-corrected chi connectivity index (χ1v) is 7.01. The quantitative estimate of drug-likeness (QED) is 0.787. The van der Waals surface area contributed by atoms with Gasteiger partial charge in [-0.05, 0) is 24.6 Å². The number of aliphatic hydroxyl groups excluding tert-OH is 1. The molecule has 1 amide bonds. The molecule has 2 aromatic heterocycles. The molecule has 1 unspecified atom stereocenters. The number of anilines is 1. The van der Waals surface area contributed by atoms with Crippen LogP contribution in [-0.2, 0) is 12.0 Å². The minimum atomic E-state index is -1.15. The van der Waals surface area contributed by atoms with Gasteiger partial charge in [-0.3, -0.25) is 15.0 Å². The minimum Gasteiger partial charge on any atom is -0.465 e. The summed E-state index contributed by atoms with van der Waals surface area (Å²) < 4.78 is 1.80. The van der Waals surface area contributed by atoms with Gasteiger partial charge in [-0.25, -0.2) is 4.79 Å². The van der Waals surface area contributed by atoms with E-state index in [0.717, 1.165) is 12.1 Å². The molecule has 0 aliphatic heterocycles. The number of amides is 1. The Morgan fingerprint density at radius 2 is 2.14 bits per heavy atom. The zero-order valence-electron chi connectivity index (χ0n) is 12.8. The standard InChI is InChI=1S/C15H20N4O3/c1-4-19-9-10(7-17-19)15(2,3)13(20)12-6-5-11(8-16-12)18-14(21)22/h5-9,13,18,20H,4H2,1-3H3,(H,21,22). The molecule has 1 atom stereocenters. The van der Waals surface area contributed by atoms with E-state index in [0.29, 0.717) is 11.4 Å². The fourth-order valence-corrected chi connectivity index (χ4v) is 2.16. The maximum Gasteiger partial charge on any atom is 0.409 e. The van der Waals surface area contributed by atoms with Crippen LogP contribution in [-0.4, -0.2) is 31.1 Å². The molecule has 0 fully saturated rings. The lowest BCUT2D eigenvalue weighted by atomic mass is 9.79. The highest BCUT2D eigenvalue weighted by Gasteiger charge is 2.33. The van der Waals surface area contributed by atoms with Crippen LogP contribution in [0.15, 0.2) is 30.7 Å². The van der Waals surface area contributed by atoms with Crippen molar-refractivity contribution in [2.75, 3.05) is 5.32 Å². The Kier molecular flexibility index (Phi) is 4.46. The average Bonchev–Trinajstić information content (AvgIpc) is 2.96. The van der Waals surface area contributed by atoms with Crippen LogP contribution in [0, 0.1) is 0 Å². The molecular weight excluding hydrogens is 284 g/mol. The number of carboxylic acid groups (broad SMARTS) is 1. The predicted octanol–water partition coefficient (Wildman–Crippen LogP) is 2.40. The maximum absolute atomic E-state index is 10.6. The van der Waals surface area contributed by atoms with E-state index in [1.165, 1.54) is 6.20 Å². The topological polar surface area (TPSA) is 100 Å². The van der Waals surface area contributed by atoms with E-state index in [2.05, 4.69) is 15.4 Å². The number of hydrogen-bond acceptors (Lipinski definition) is 4. The molecule has 0 aromatic carbocycles. The molecule has 2 heterocycles. The molecule has 0 saturated heterocycles. The molecule has 2 aromatic rings. The Morgan fingerprint density at radius 1 is 1.41 bits per heavy atom. The zero-order chi connectivity index (χ0) is 16.3. The Labute approximate surface area is 128 Å². The number of aliphatic hydroxyl groups is 1. The van der Waals surface area contributed by atoms with Crippen LogP contribution in [0.1, 0.15) is 38.1 Å². The first-order chi connectivity index (χ1) is 10.3. The van der Waals surface area contributed by atoms with Gasteiger partial charge in [0.05, 0.1) is 23.8 Å². The number of aromatic nitrogens is 3. The number of pyridine rings is 1. The van der Waals surface area contributed by atoms with Crippen molar-refractivity contribution in [3.05, 3.63) is 42.0 Å². The van der Waals surface area contributed by atoms with Crippen molar-refractivity contribution >= 4 is 11.8 Å². The van der Waals surface area contributed by atoms with Gasteiger partial charge in [-0.2, -0.15) is 5.10 Å². The molecule has 0 spiro atoms. The van der Waals surface area contributed by atoms with Crippen LogP contribution in [0.5, 0.6) is 0 Å². The maximum atomic E-state index is 10.6. The predicted molar refractivity (Wildman–Crippen MR) is 81.8 cm³/mol. The van der Waals surface area contributed by atoms with Gasteiger partial charge in [0.25, 0.3) is 0 Å². The summed E-state index contributed by atoms with van der Waals surface area (Å²) in [7, 11) is 0. The Bertz CT molecular complexity index is 649. The van der Waals surface area contributed by atoms with Gasteiger partial charge in [0.15, 0.2) is 0 Å². The highest BCUT2D eigenvalue weighted by Crippen LogP contribution is 2.36. The van der Waals surface area contributed by atoms with Gasteiger partial charge in [0.1, 0.15) is 6.10 Å². The lowest BCUT2D eigenvalue weighted by molar-refractivity contribution is 0.0961. The molecule has 0 saturated carbocycles. The summed E-state index contributed by atoms with van der Waals surface area (Å²) in [5.41, 5.74) is 1.18. The van der Waals surface area contributed by atoms with Gasteiger partial charge in [0, 0.05) is 18.2 Å². The van der Waals surface area contributed by atoms with E-state index >= 15 is 0 Å². The molecule has 7 heteroatoms. The second kappa shape index (κ2) is 6.15. The normalized spacial score (nSPS) is 12.9. The molecule has 2 rings (SSSR count). The van der Waals surface area contributed by atoms with Crippen molar-refractivity contribution in [2.45, 2.75) is 38.8 Å². The van der Waals surface area contributed by atoms with Crippen molar-refractivity contribution in [3.8, 4) is 0 Å². The summed E-state index contributed by atoms with van der Waals surface area (Å²) >= 11 is 0. The summed E-state index contributed by atoms with van der Waals surface area (Å²) in [4.78, 5) is 14.7. The van der Waals surface area contributed by atoms with E-state index in [4.69, 9.17) is 5.11 Å². The summed E-state index contributed by atoms with van der Waals surface area (Å²) in [5, 5.41) is 25.7. The third kappa shape index (κ3) is 3.25. The average molecular weight is 304 g/mol. The molecule has 0 aliphatic carbocycles. The molecule has 0 aliphatic rings.